The molecule has 1 aromatic carbocycles. The molecule has 2 aliphatic rings. The molecule has 0 fully saturated rings. The number of rotatable bonds is 5. The van der Waals surface area contributed by atoms with Gasteiger partial charge in [0.1, 0.15) is 6.04 Å². The van der Waals surface area contributed by atoms with Crippen LogP contribution in [-0.2, 0) is 10.5 Å². The van der Waals surface area contributed by atoms with Crippen LogP contribution in [0.1, 0.15) is 36.6 Å². The van der Waals surface area contributed by atoms with Gasteiger partial charge in [-0.2, -0.15) is 4.98 Å². The van der Waals surface area contributed by atoms with E-state index in [1.165, 1.54) is 23.9 Å². The molecule has 0 saturated heterocycles. The fourth-order valence-corrected chi connectivity index (χ4v) is 4.68. The fourth-order valence-electron chi connectivity index (χ4n) is 3.94. The molecular formula is C21H18N6O3S. The van der Waals surface area contributed by atoms with Crippen molar-refractivity contribution in [3.63, 3.8) is 0 Å². The summed E-state index contributed by atoms with van der Waals surface area (Å²) in [5.74, 6) is 1.18. The quantitative estimate of drug-likeness (QED) is 0.365. The van der Waals surface area contributed by atoms with Gasteiger partial charge < -0.3 is 5.32 Å². The van der Waals surface area contributed by atoms with Gasteiger partial charge in [0, 0.05) is 41.8 Å². The maximum absolute atomic E-state index is 12.9. The Morgan fingerprint density at radius 1 is 1.23 bits per heavy atom. The average molecular weight is 434 g/mol. The van der Waals surface area contributed by atoms with Gasteiger partial charge in [-0.05, 0) is 30.5 Å². The molecular weight excluding hydrogens is 416 g/mol. The molecule has 31 heavy (non-hydrogen) atoms. The van der Waals surface area contributed by atoms with Gasteiger partial charge in [-0.25, -0.2) is 4.68 Å². The number of nitrogens with zero attached hydrogens (tertiary/aromatic N) is 5. The molecule has 5 rings (SSSR count). The summed E-state index contributed by atoms with van der Waals surface area (Å²) in [6, 6.07) is 11.6. The van der Waals surface area contributed by atoms with Crippen molar-refractivity contribution < 1.29 is 9.72 Å². The lowest BCUT2D eigenvalue weighted by molar-refractivity contribution is -0.384. The zero-order valence-electron chi connectivity index (χ0n) is 16.4. The zero-order chi connectivity index (χ0) is 21.4. The number of nitrogens with one attached hydrogen (secondary N) is 1. The van der Waals surface area contributed by atoms with E-state index in [1.54, 1.807) is 23.0 Å². The van der Waals surface area contributed by atoms with E-state index < -0.39 is 11.0 Å². The Labute approximate surface area is 181 Å². The monoisotopic (exact) mass is 434 g/mol. The Morgan fingerprint density at radius 2 is 2.13 bits per heavy atom. The Bertz CT molecular complexity index is 1210. The number of fused-ring (bicyclic) bond motifs is 1. The van der Waals surface area contributed by atoms with Crippen molar-refractivity contribution in [2.24, 2.45) is 0 Å². The van der Waals surface area contributed by atoms with Gasteiger partial charge in [0.2, 0.25) is 11.1 Å². The molecule has 3 heterocycles. The van der Waals surface area contributed by atoms with E-state index in [4.69, 9.17) is 0 Å². The molecule has 3 aromatic rings. The fraction of sp³-hybridized carbons (Fsp3) is 0.238. The summed E-state index contributed by atoms with van der Waals surface area (Å²) >= 11 is 1.45. The lowest BCUT2D eigenvalue weighted by Crippen LogP contribution is -2.31. The van der Waals surface area contributed by atoms with E-state index in [0.29, 0.717) is 34.4 Å². The molecule has 1 atom stereocenters. The molecule has 0 radical (unpaired) electrons. The highest BCUT2D eigenvalue weighted by molar-refractivity contribution is 7.98. The van der Waals surface area contributed by atoms with Crippen molar-refractivity contribution in [1.29, 1.82) is 0 Å². The maximum Gasteiger partial charge on any atom is 0.269 e. The smallest absolute Gasteiger partial charge is 0.269 e. The van der Waals surface area contributed by atoms with Crippen LogP contribution in [-0.4, -0.2) is 30.5 Å². The summed E-state index contributed by atoms with van der Waals surface area (Å²) in [5, 5.41) is 19.8. The molecule has 0 bridgehead atoms. The number of anilines is 1. The number of Topliss-reactive ketones (excluding diaryl/α,β-unsaturated/α-hetero) is 1. The van der Waals surface area contributed by atoms with Crippen molar-refractivity contribution >= 4 is 29.2 Å². The number of nitro benzene ring substituents is 1. The lowest BCUT2D eigenvalue weighted by atomic mass is 9.85. The van der Waals surface area contributed by atoms with Gasteiger partial charge in [0.05, 0.1) is 10.6 Å². The van der Waals surface area contributed by atoms with Crippen LogP contribution in [0, 0.1) is 10.1 Å². The Balaban J connectivity index is 1.54. The topological polar surface area (TPSA) is 116 Å². The maximum atomic E-state index is 12.9. The van der Waals surface area contributed by atoms with Crippen LogP contribution in [0.15, 0.2) is 65.1 Å². The third-order valence-electron chi connectivity index (χ3n) is 5.32. The molecule has 0 spiro atoms. The molecule has 0 amide bonds. The van der Waals surface area contributed by atoms with E-state index in [9.17, 15) is 14.9 Å². The highest BCUT2D eigenvalue weighted by atomic mass is 32.2. The molecule has 2 aromatic heterocycles. The van der Waals surface area contributed by atoms with Crippen LogP contribution in [0.5, 0.6) is 0 Å². The Kier molecular flexibility index (Phi) is 4.99. The predicted molar refractivity (Wildman–Crippen MR) is 115 cm³/mol. The number of aromatic nitrogens is 4. The second-order valence-corrected chi connectivity index (χ2v) is 8.26. The van der Waals surface area contributed by atoms with Gasteiger partial charge in [0.15, 0.2) is 5.78 Å². The molecule has 0 saturated carbocycles. The van der Waals surface area contributed by atoms with Crippen LogP contribution >= 0.6 is 11.8 Å². The predicted octanol–water partition coefficient (Wildman–Crippen LogP) is 3.90. The Hall–Kier alpha value is -3.53. The Morgan fingerprint density at radius 3 is 2.94 bits per heavy atom. The van der Waals surface area contributed by atoms with E-state index in [1.807, 2.05) is 18.2 Å². The second-order valence-electron chi connectivity index (χ2n) is 7.32. The molecule has 0 unspecified atom stereocenters. The SMILES string of the molecule is O=C1CCCC2=C1[C@@H](c1cccc([N+](=O)[O-])c1)n1nc(SCc3ccccn3)nc1N2. The normalized spacial score (nSPS) is 17.7. The van der Waals surface area contributed by atoms with Gasteiger partial charge in [-0.15, -0.1) is 5.10 Å². The van der Waals surface area contributed by atoms with Gasteiger partial charge in [-0.1, -0.05) is 30.0 Å². The number of carbonyl (C=O) groups is 1. The molecule has 156 valence electrons. The number of thioether (sulfide) groups is 1. The second kappa shape index (κ2) is 7.95. The van der Waals surface area contributed by atoms with Crippen LogP contribution < -0.4 is 5.32 Å². The van der Waals surface area contributed by atoms with Crippen LogP contribution in [0.2, 0.25) is 0 Å². The van der Waals surface area contributed by atoms with E-state index in [-0.39, 0.29) is 11.5 Å². The van der Waals surface area contributed by atoms with Crippen molar-refractivity contribution in [3.8, 4) is 0 Å². The van der Waals surface area contributed by atoms with Crippen LogP contribution in [0.4, 0.5) is 11.6 Å². The van der Waals surface area contributed by atoms with E-state index in [2.05, 4.69) is 20.4 Å². The highest BCUT2D eigenvalue weighted by Gasteiger charge is 2.37. The number of hydrogen-bond acceptors (Lipinski definition) is 8. The first-order valence-electron chi connectivity index (χ1n) is 9.87. The number of nitro groups is 1. The number of benzene rings is 1. The summed E-state index contributed by atoms with van der Waals surface area (Å²) in [4.78, 5) is 32.7. The lowest BCUT2D eigenvalue weighted by Gasteiger charge is -2.32. The van der Waals surface area contributed by atoms with Crippen molar-refractivity contribution in [1.82, 2.24) is 19.7 Å². The summed E-state index contributed by atoms with van der Waals surface area (Å²) in [7, 11) is 0. The minimum absolute atomic E-state index is 0.0205. The summed E-state index contributed by atoms with van der Waals surface area (Å²) in [5.41, 5.74) is 2.98. The number of pyridine rings is 1. The largest absolute Gasteiger partial charge is 0.328 e. The van der Waals surface area contributed by atoms with Gasteiger partial charge in [-0.3, -0.25) is 19.9 Å². The third kappa shape index (κ3) is 3.70. The van der Waals surface area contributed by atoms with Crippen molar-refractivity contribution in [2.45, 2.75) is 36.2 Å². The van der Waals surface area contributed by atoms with Gasteiger partial charge in [0.25, 0.3) is 5.69 Å². The first-order chi connectivity index (χ1) is 15.1. The number of carbonyl (C=O) groups excluding carboxylic acids is 1. The molecule has 1 N–H and O–H groups in total. The van der Waals surface area contributed by atoms with Gasteiger partial charge >= 0.3 is 0 Å². The van der Waals surface area contributed by atoms with Crippen molar-refractivity contribution in [3.05, 3.63) is 81.3 Å². The third-order valence-corrected chi connectivity index (χ3v) is 6.19. The number of non-ortho nitro benzene ring substituents is 1. The molecule has 1 aliphatic carbocycles. The molecule has 1 aliphatic heterocycles. The highest BCUT2D eigenvalue weighted by Crippen LogP contribution is 2.41. The average Bonchev–Trinajstić information content (AvgIpc) is 3.20. The minimum Gasteiger partial charge on any atom is -0.328 e. The first-order valence-corrected chi connectivity index (χ1v) is 10.9. The molecule has 9 nitrogen and oxygen atoms in total. The summed E-state index contributed by atoms with van der Waals surface area (Å²) < 4.78 is 1.67. The van der Waals surface area contributed by atoms with Crippen LogP contribution in [0.25, 0.3) is 0 Å². The number of allylic oxidation sites excluding steroid dienone is 2. The summed E-state index contributed by atoms with van der Waals surface area (Å²) in [6.07, 6.45) is 3.69. The zero-order valence-corrected chi connectivity index (χ0v) is 17.2. The van der Waals surface area contributed by atoms with E-state index >= 15 is 0 Å². The first kappa shape index (κ1) is 19.4. The number of hydrogen-bond donors (Lipinski definition) is 1. The van der Waals surface area contributed by atoms with Crippen LogP contribution in [0.3, 0.4) is 0 Å². The molecule has 10 heteroatoms. The standard InChI is InChI=1S/C21H18N6O3S/c28-17-9-4-8-16-18(17)19(13-5-3-7-15(11-13)27(29)30)26-20(23-16)24-21(25-26)31-12-14-6-1-2-10-22-14/h1-3,5-7,10-11,19H,4,8-9,12H2,(H,23,24,25)/t19-/m1/s1. The van der Waals surface area contributed by atoms with Crippen molar-refractivity contribution in [2.75, 3.05) is 5.32 Å². The minimum atomic E-state index is -0.546. The van der Waals surface area contributed by atoms with E-state index in [0.717, 1.165) is 24.2 Å². The number of ketones is 1. The summed E-state index contributed by atoms with van der Waals surface area (Å²) in [6.45, 7) is 0.